The molecule has 216 valence electrons. The molecule has 0 spiro atoms. The van der Waals surface area contributed by atoms with Gasteiger partial charge in [0.25, 0.3) is 0 Å². The summed E-state index contributed by atoms with van der Waals surface area (Å²) in [7, 11) is -2.02. The largest absolute Gasteiger partial charge is 0.468 e. The zero-order valence-corrected chi connectivity index (χ0v) is 23.1. The molecule has 3 N–H and O–H groups in total. The Labute approximate surface area is 229 Å². The molecule has 3 aromatic rings. The van der Waals surface area contributed by atoms with Gasteiger partial charge in [-0.1, -0.05) is 23.0 Å². The van der Waals surface area contributed by atoms with Gasteiger partial charge < -0.3 is 29.7 Å². The maximum absolute atomic E-state index is 16.0. The third kappa shape index (κ3) is 5.22. The minimum absolute atomic E-state index is 0.00822. The second kappa shape index (κ2) is 11.3. The van der Waals surface area contributed by atoms with Crippen molar-refractivity contribution in [1.82, 2.24) is 24.4 Å². The van der Waals surface area contributed by atoms with Gasteiger partial charge in [-0.3, -0.25) is 18.8 Å². The maximum atomic E-state index is 16.0. The van der Waals surface area contributed by atoms with E-state index in [2.05, 4.69) is 15.0 Å². The number of carbonyl (C=O) groups is 1. The monoisotopic (exact) mass is 579 g/mol. The van der Waals surface area contributed by atoms with Gasteiger partial charge in [0, 0.05) is 13.1 Å². The second-order valence-corrected chi connectivity index (χ2v) is 10.9. The number of benzene rings is 1. The van der Waals surface area contributed by atoms with Crippen molar-refractivity contribution in [3.05, 3.63) is 36.7 Å². The SMILES string of the molecule is COC(=O)[C@H](C)N(OC[C@H]1O[C@@H](n2cnc3c(N4CCC4)nc(N)nc32)[C@](C)(F)[C@@H]1O)[PH](=O)Oc1ccccc1. The number of hydrogen-bond acceptors (Lipinski definition) is 12. The molecule has 4 heterocycles. The summed E-state index contributed by atoms with van der Waals surface area (Å²) in [6.45, 7) is 3.71. The second-order valence-electron chi connectivity index (χ2n) is 9.69. The summed E-state index contributed by atoms with van der Waals surface area (Å²) in [6, 6.07) is 7.17. The van der Waals surface area contributed by atoms with Crippen LogP contribution in [0.2, 0.25) is 0 Å². The normalized spacial score (nSPS) is 26.1. The predicted octanol–water partition coefficient (Wildman–Crippen LogP) is 1.87. The number of esters is 1. The predicted molar refractivity (Wildman–Crippen MR) is 141 cm³/mol. The van der Waals surface area contributed by atoms with Crippen molar-refractivity contribution in [3.8, 4) is 5.75 Å². The Kier molecular flexibility index (Phi) is 7.93. The van der Waals surface area contributed by atoms with Crippen LogP contribution in [-0.4, -0.2) is 86.2 Å². The molecule has 0 bridgehead atoms. The summed E-state index contributed by atoms with van der Waals surface area (Å²) >= 11 is 0. The molecule has 0 aliphatic carbocycles. The molecule has 14 nitrogen and oxygen atoms in total. The molecule has 1 unspecified atom stereocenters. The van der Waals surface area contributed by atoms with Gasteiger partial charge in [-0.25, -0.2) is 9.37 Å². The first-order valence-electron chi connectivity index (χ1n) is 12.7. The topological polar surface area (TPSA) is 167 Å². The van der Waals surface area contributed by atoms with Gasteiger partial charge in [0.1, 0.15) is 24.0 Å². The van der Waals surface area contributed by atoms with Crippen molar-refractivity contribution in [1.29, 1.82) is 0 Å². The Bertz CT molecular complexity index is 1390. The minimum Gasteiger partial charge on any atom is -0.468 e. The first-order chi connectivity index (χ1) is 19.1. The zero-order chi connectivity index (χ0) is 28.6. The van der Waals surface area contributed by atoms with Gasteiger partial charge in [-0.15, -0.1) is 0 Å². The Balaban J connectivity index is 1.36. The van der Waals surface area contributed by atoms with Crippen LogP contribution in [0.5, 0.6) is 5.75 Å². The summed E-state index contributed by atoms with van der Waals surface area (Å²) in [5.74, 6) is 0.0845. The van der Waals surface area contributed by atoms with Gasteiger partial charge >= 0.3 is 14.1 Å². The lowest BCUT2D eigenvalue weighted by atomic mass is 9.98. The van der Waals surface area contributed by atoms with Gasteiger partial charge in [-0.2, -0.15) is 9.97 Å². The number of anilines is 2. The number of fused-ring (bicyclic) bond motifs is 1. The summed E-state index contributed by atoms with van der Waals surface area (Å²) in [4.78, 5) is 33.7. The lowest BCUT2D eigenvalue weighted by Gasteiger charge is -2.32. The molecule has 0 saturated carbocycles. The van der Waals surface area contributed by atoms with Crippen LogP contribution in [0.25, 0.3) is 11.2 Å². The highest BCUT2D eigenvalue weighted by atomic mass is 31.1. The number of carbonyl (C=O) groups excluding carboxylic acids is 1. The van der Waals surface area contributed by atoms with Crippen molar-refractivity contribution < 1.29 is 37.7 Å². The number of aromatic nitrogens is 4. The smallest absolute Gasteiger partial charge is 0.331 e. The molecule has 1 aromatic carbocycles. The van der Waals surface area contributed by atoms with Crippen molar-refractivity contribution in [2.75, 3.05) is 37.4 Å². The number of imidazole rings is 1. The third-order valence-corrected chi connectivity index (χ3v) is 8.23. The Morgan fingerprint density at radius 2 is 2.08 bits per heavy atom. The standard InChI is InChI=1S/C24H31FN7O7P/c1-14(21(34)36-3)32(40(35)39-15-8-5-4-6-9-15)37-12-16-18(33)24(2,25)22(38-16)31-13-27-17-19(30-10-7-11-30)28-23(26)29-20(17)31/h4-6,8-9,13-14,16,18,22,33,40H,7,10-12H2,1-3H3,(H2,26,28,29)/t14-,16+,18+,22+,24+/m0/s1. The fourth-order valence-electron chi connectivity index (χ4n) is 4.57. The molecule has 2 fully saturated rings. The number of methoxy groups -OCH3 is 1. The quantitative estimate of drug-likeness (QED) is 0.203. The number of nitrogens with two attached hydrogens (primary N) is 1. The van der Waals surface area contributed by atoms with E-state index in [0.717, 1.165) is 24.3 Å². The average molecular weight is 580 g/mol. The number of ether oxygens (including phenoxy) is 2. The average Bonchev–Trinajstić information content (AvgIpc) is 3.41. The van der Waals surface area contributed by atoms with E-state index in [0.29, 0.717) is 11.3 Å². The summed E-state index contributed by atoms with van der Waals surface area (Å²) in [5.41, 5.74) is 4.30. The van der Waals surface area contributed by atoms with E-state index < -0.39 is 50.9 Å². The van der Waals surface area contributed by atoms with Crippen LogP contribution in [0, 0.1) is 0 Å². The van der Waals surface area contributed by atoms with Gasteiger partial charge in [0.15, 0.2) is 28.9 Å². The lowest BCUT2D eigenvalue weighted by molar-refractivity contribution is -0.179. The molecular weight excluding hydrogens is 548 g/mol. The summed E-state index contributed by atoms with van der Waals surface area (Å²) < 4.78 is 46.6. The lowest BCUT2D eigenvalue weighted by Crippen LogP contribution is -2.43. The molecule has 2 aromatic heterocycles. The molecule has 40 heavy (non-hydrogen) atoms. The number of halogens is 1. The number of alkyl halides is 1. The number of hydroxylamine groups is 1. The Hall–Kier alpha value is -3.36. The van der Waals surface area contributed by atoms with E-state index in [4.69, 9.17) is 24.6 Å². The van der Waals surface area contributed by atoms with Crippen LogP contribution < -0.4 is 15.2 Å². The van der Waals surface area contributed by atoms with E-state index in [9.17, 15) is 14.5 Å². The highest BCUT2D eigenvalue weighted by Crippen LogP contribution is 2.44. The van der Waals surface area contributed by atoms with Gasteiger partial charge in [0.2, 0.25) is 5.95 Å². The number of aliphatic hydroxyl groups excluding tert-OH is 1. The van der Waals surface area contributed by atoms with Crippen LogP contribution in [0.15, 0.2) is 36.7 Å². The van der Waals surface area contributed by atoms with Crippen molar-refractivity contribution in [2.24, 2.45) is 0 Å². The molecule has 5 rings (SSSR count). The van der Waals surface area contributed by atoms with E-state index >= 15 is 4.39 Å². The van der Waals surface area contributed by atoms with Gasteiger partial charge in [-0.05, 0) is 32.4 Å². The Morgan fingerprint density at radius 3 is 2.73 bits per heavy atom. The van der Waals surface area contributed by atoms with Crippen LogP contribution in [0.4, 0.5) is 16.2 Å². The number of aliphatic hydroxyl groups is 1. The molecule has 0 amide bonds. The summed E-state index contributed by atoms with van der Waals surface area (Å²) in [6.07, 6.45) is -1.90. The molecule has 2 saturated heterocycles. The van der Waals surface area contributed by atoms with Crippen LogP contribution in [0.3, 0.4) is 0 Å². The highest BCUT2D eigenvalue weighted by Gasteiger charge is 2.56. The van der Waals surface area contributed by atoms with E-state index in [-0.39, 0.29) is 17.3 Å². The first-order valence-corrected chi connectivity index (χ1v) is 13.9. The van der Waals surface area contributed by atoms with E-state index in [1.54, 1.807) is 30.3 Å². The number of para-hydroxylation sites is 1. The van der Waals surface area contributed by atoms with Crippen molar-refractivity contribution >= 4 is 37.1 Å². The Morgan fingerprint density at radius 1 is 1.35 bits per heavy atom. The minimum atomic E-state index is -3.19. The summed E-state index contributed by atoms with van der Waals surface area (Å²) in [5, 5.41) is 10.9. The van der Waals surface area contributed by atoms with Crippen molar-refractivity contribution in [2.45, 2.75) is 50.4 Å². The number of nitrogen functional groups attached to an aromatic ring is 1. The molecule has 2 aliphatic rings. The highest BCUT2D eigenvalue weighted by molar-refractivity contribution is 7.36. The third-order valence-electron chi connectivity index (χ3n) is 6.95. The fourth-order valence-corrected chi connectivity index (χ4v) is 5.59. The van der Waals surface area contributed by atoms with Crippen LogP contribution in [-0.2, 0) is 23.7 Å². The van der Waals surface area contributed by atoms with Crippen LogP contribution in [0.1, 0.15) is 26.5 Å². The molecular formula is C24H31FN7O7P. The molecule has 2 aliphatic heterocycles. The van der Waals surface area contributed by atoms with E-state index in [1.807, 2.05) is 4.90 Å². The number of nitrogens with zero attached hydrogens (tertiary/aromatic N) is 6. The molecule has 6 atom stereocenters. The maximum Gasteiger partial charge on any atom is 0.331 e. The van der Waals surface area contributed by atoms with Gasteiger partial charge in [0.05, 0.1) is 20.0 Å². The number of hydrogen-bond donors (Lipinski definition) is 2. The van der Waals surface area contributed by atoms with E-state index in [1.165, 1.54) is 31.9 Å². The first kappa shape index (κ1) is 28.2. The fraction of sp³-hybridized carbons (Fsp3) is 0.500. The molecule has 0 radical (unpaired) electrons. The van der Waals surface area contributed by atoms with Crippen LogP contribution >= 0.6 is 8.18 Å². The van der Waals surface area contributed by atoms with Crippen molar-refractivity contribution in [3.63, 3.8) is 0 Å². The molecule has 16 heteroatoms. The number of rotatable bonds is 10. The zero-order valence-electron chi connectivity index (χ0n) is 22.1.